The molecule has 0 bridgehead atoms. The standard InChI is InChI=1S/C36H64ClN3O6S/c1-4-5-6-7-8-9-10-11-12-13-14-15-16-20-29(41)45-34-32(43)31(42)33(46-36(34)47-3)30(26(2)37)40-35(44)28-22-21-27(23-25-39-28)19-17-18-24-38/h26-28,30-34,36,39,42-43H,4-23,25H2,1-3H3,(H,40,44)/t26-,27-,28-,30?,31+,32-,33+,34+,36+/m0/s1. The number of aliphatic hydroxyl groups excluding tert-OH is 2. The monoisotopic (exact) mass is 701 g/mol. The summed E-state index contributed by atoms with van der Waals surface area (Å²) in [5.74, 6) is -0.162. The first-order chi connectivity index (χ1) is 22.7. The van der Waals surface area contributed by atoms with Crippen LogP contribution >= 0.6 is 23.4 Å². The van der Waals surface area contributed by atoms with Crippen LogP contribution in [0, 0.1) is 17.2 Å². The zero-order valence-corrected chi connectivity index (χ0v) is 30.9. The Bertz CT molecular complexity index is 906. The number of ether oxygens (including phenoxy) is 2. The molecule has 2 aliphatic rings. The minimum atomic E-state index is -1.41. The zero-order chi connectivity index (χ0) is 34.4. The van der Waals surface area contributed by atoms with Gasteiger partial charge in [0.2, 0.25) is 5.91 Å². The van der Waals surface area contributed by atoms with Crippen molar-refractivity contribution in [2.24, 2.45) is 5.92 Å². The van der Waals surface area contributed by atoms with E-state index in [0.29, 0.717) is 25.3 Å². The molecule has 47 heavy (non-hydrogen) atoms. The fourth-order valence-electron chi connectivity index (χ4n) is 6.79. The van der Waals surface area contributed by atoms with Gasteiger partial charge in [0.25, 0.3) is 0 Å². The van der Waals surface area contributed by atoms with Crippen LogP contribution in [0.25, 0.3) is 0 Å². The van der Waals surface area contributed by atoms with Gasteiger partial charge in [-0.05, 0) is 64.2 Å². The van der Waals surface area contributed by atoms with E-state index < -0.39 is 53.3 Å². The van der Waals surface area contributed by atoms with Gasteiger partial charge in [-0.2, -0.15) is 5.26 Å². The number of rotatable bonds is 23. The minimum Gasteiger partial charge on any atom is -0.456 e. The van der Waals surface area contributed by atoms with Crippen LogP contribution in [0.15, 0.2) is 0 Å². The van der Waals surface area contributed by atoms with E-state index in [1.807, 2.05) is 0 Å². The molecule has 272 valence electrons. The van der Waals surface area contributed by atoms with Gasteiger partial charge < -0.3 is 30.3 Å². The van der Waals surface area contributed by atoms with E-state index in [4.69, 9.17) is 26.3 Å². The Kier molecular flexibility index (Phi) is 22.3. The highest BCUT2D eigenvalue weighted by atomic mass is 35.5. The summed E-state index contributed by atoms with van der Waals surface area (Å²) in [6, 6.07) is 1.01. The number of aliphatic hydroxyl groups is 2. The molecule has 0 radical (unpaired) electrons. The maximum Gasteiger partial charge on any atom is 0.306 e. The van der Waals surface area contributed by atoms with Crippen LogP contribution < -0.4 is 10.6 Å². The highest BCUT2D eigenvalue weighted by molar-refractivity contribution is 7.99. The Hall–Kier alpha value is -1.09. The molecular weight excluding hydrogens is 638 g/mol. The number of hydrogen-bond donors (Lipinski definition) is 4. The quantitative estimate of drug-likeness (QED) is 0.0517. The van der Waals surface area contributed by atoms with E-state index in [2.05, 4.69) is 23.6 Å². The molecular formula is C36H64ClN3O6S. The van der Waals surface area contributed by atoms with E-state index in [-0.39, 0.29) is 12.3 Å². The number of halogens is 1. The van der Waals surface area contributed by atoms with Crippen molar-refractivity contribution >= 4 is 35.2 Å². The van der Waals surface area contributed by atoms with Crippen molar-refractivity contribution in [3.63, 3.8) is 0 Å². The van der Waals surface area contributed by atoms with E-state index >= 15 is 0 Å². The van der Waals surface area contributed by atoms with E-state index in [1.54, 1.807) is 13.2 Å². The number of unbranched alkanes of at least 4 members (excludes halogenated alkanes) is 13. The largest absolute Gasteiger partial charge is 0.456 e. The summed E-state index contributed by atoms with van der Waals surface area (Å²) in [7, 11) is 0. The van der Waals surface area contributed by atoms with Gasteiger partial charge in [0.1, 0.15) is 23.7 Å². The van der Waals surface area contributed by atoms with Gasteiger partial charge in [-0.1, -0.05) is 84.0 Å². The molecule has 9 nitrogen and oxygen atoms in total. The van der Waals surface area contributed by atoms with Crippen molar-refractivity contribution in [3.05, 3.63) is 0 Å². The number of hydrogen-bond acceptors (Lipinski definition) is 9. The lowest BCUT2D eigenvalue weighted by molar-refractivity contribution is -0.218. The summed E-state index contributed by atoms with van der Waals surface area (Å²) in [6.45, 7) is 4.67. The Morgan fingerprint density at radius 1 is 0.979 bits per heavy atom. The van der Waals surface area contributed by atoms with Crippen molar-refractivity contribution in [1.82, 2.24) is 10.6 Å². The third-order valence-electron chi connectivity index (χ3n) is 9.75. The van der Waals surface area contributed by atoms with Gasteiger partial charge in [-0.25, -0.2) is 0 Å². The molecule has 2 heterocycles. The van der Waals surface area contributed by atoms with E-state index in [0.717, 1.165) is 44.9 Å². The van der Waals surface area contributed by atoms with Crippen molar-refractivity contribution in [3.8, 4) is 6.07 Å². The summed E-state index contributed by atoms with van der Waals surface area (Å²) in [5, 5.41) is 36.8. The van der Waals surface area contributed by atoms with Crippen LogP contribution in [0.3, 0.4) is 0 Å². The van der Waals surface area contributed by atoms with Crippen LogP contribution in [0.4, 0.5) is 0 Å². The molecule has 1 unspecified atom stereocenters. The summed E-state index contributed by atoms with van der Waals surface area (Å²) < 4.78 is 11.9. The van der Waals surface area contributed by atoms with Gasteiger partial charge in [0, 0.05) is 12.8 Å². The molecule has 0 aromatic rings. The number of carbonyl (C=O) groups excluding carboxylic acids is 2. The number of nitrogens with zero attached hydrogens (tertiary/aromatic N) is 1. The normalized spacial score (nSPS) is 27.7. The molecule has 11 heteroatoms. The summed E-state index contributed by atoms with van der Waals surface area (Å²) >= 11 is 7.81. The van der Waals surface area contributed by atoms with Crippen molar-refractivity contribution in [2.75, 3.05) is 12.8 Å². The molecule has 1 amide bonds. The number of amides is 1. The van der Waals surface area contributed by atoms with Gasteiger partial charge in [-0.3, -0.25) is 9.59 Å². The van der Waals surface area contributed by atoms with Gasteiger partial charge in [0.15, 0.2) is 6.10 Å². The molecule has 9 atom stereocenters. The maximum atomic E-state index is 13.3. The van der Waals surface area contributed by atoms with Crippen LogP contribution in [0.5, 0.6) is 0 Å². The maximum absolute atomic E-state index is 13.3. The van der Waals surface area contributed by atoms with Crippen LogP contribution in [-0.4, -0.2) is 82.2 Å². The number of thioether (sulfide) groups is 1. The second-order valence-electron chi connectivity index (χ2n) is 13.6. The van der Waals surface area contributed by atoms with E-state index in [1.165, 1.54) is 76.0 Å². The fraction of sp³-hybridized carbons (Fsp3) is 0.917. The average molecular weight is 702 g/mol. The molecule has 0 spiro atoms. The fourth-order valence-corrected chi connectivity index (χ4v) is 7.72. The predicted molar refractivity (Wildman–Crippen MR) is 190 cm³/mol. The van der Waals surface area contributed by atoms with Crippen LogP contribution in [0.2, 0.25) is 0 Å². The lowest BCUT2D eigenvalue weighted by Crippen LogP contribution is -2.65. The van der Waals surface area contributed by atoms with Gasteiger partial charge in [0.05, 0.1) is 23.5 Å². The molecule has 0 aromatic heterocycles. The highest BCUT2D eigenvalue weighted by Gasteiger charge is 2.50. The number of esters is 1. The third kappa shape index (κ3) is 16.0. The van der Waals surface area contributed by atoms with Gasteiger partial charge in [-0.15, -0.1) is 23.4 Å². The third-order valence-corrected chi connectivity index (χ3v) is 10.9. The smallest absolute Gasteiger partial charge is 0.306 e. The van der Waals surface area contributed by atoms with Crippen molar-refractivity contribution < 1.29 is 29.3 Å². The topological polar surface area (TPSA) is 141 Å². The van der Waals surface area contributed by atoms with Gasteiger partial charge >= 0.3 is 5.97 Å². The Labute approximate surface area is 294 Å². The SMILES string of the molecule is CCCCCCCCCCCCCCCC(=O)O[C@@H]1[C@@H](O)[C@@H](O)[C@@H](C(NC(=O)[C@@H]2CC[C@H](CCCC#N)CCN2)[C@H](C)Cl)O[C@@H]1SC. The molecule has 4 N–H and O–H groups in total. The summed E-state index contributed by atoms with van der Waals surface area (Å²) in [4.78, 5) is 26.1. The molecule has 2 aliphatic heterocycles. The predicted octanol–water partition coefficient (Wildman–Crippen LogP) is 6.75. The Balaban J connectivity index is 1.77. The lowest BCUT2D eigenvalue weighted by atomic mass is 9.92. The second-order valence-corrected chi connectivity index (χ2v) is 15.3. The molecule has 2 saturated heterocycles. The highest BCUT2D eigenvalue weighted by Crippen LogP contribution is 2.33. The Morgan fingerprint density at radius 3 is 2.17 bits per heavy atom. The zero-order valence-electron chi connectivity index (χ0n) is 29.3. The first kappa shape index (κ1) is 42.1. The molecule has 0 aliphatic carbocycles. The average Bonchev–Trinajstić information content (AvgIpc) is 3.30. The van der Waals surface area contributed by atoms with Crippen molar-refractivity contribution in [2.45, 2.75) is 190 Å². The minimum absolute atomic E-state index is 0.225. The van der Waals surface area contributed by atoms with Crippen molar-refractivity contribution in [1.29, 1.82) is 5.26 Å². The summed E-state index contributed by atoms with van der Waals surface area (Å²) in [5.41, 5.74) is -0.728. The number of alkyl halides is 1. The van der Waals surface area contributed by atoms with Crippen LogP contribution in [-0.2, 0) is 19.1 Å². The number of carbonyl (C=O) groups is 2. The molecule has 2 fully saturated rings. The number of nitrogens with one attached hydrogen (secondary N) is 2. The number of nitriles is 1. The molecule has 0 aromatic carbocycles. The first-order valence-electron chi connectivity index (χ1n) is 18.5. The lowest BCUT2D eigenvalue weighted by Gasteiger charge is -2.45. The summed E-state index contributed by atoms with van der Waals surface area (Å²) in [6.07, 6.45) is 18.0. The second kappa shape index (κ2) is 25.0. The Morgan fingerprint density at radius 2 is 1.60 bits per heavy atom. The molecule has 2 rings (SSSR count). The van der Waals surface area contributed by atoms with E-state index in [9.17, 15) is 19.8 Å². The molecule has 0 saturated carbocycles. The van der Waals surface area contributed by atoms with Crippen LogP contribution in [0.1, 0.15) is 142 Å². The first-order valence-corrected chi connectivity index (χ1v) is 20.2.